The van der Waals surface area contributed by atoms with Gasteiger partial charge in [0.15, 0.2) is 0 Å². The Kier molecular flexibility index (Phi) is 3.91. The maximum Gasteiger partial charge on any atom is 0.316 e. The molecule has 0 unspecified atom stereocenters. The lowest BCUT2D eigenvalue weighted by Gasteiger charge is -2.09. The summed E-state index contributed by atoms with van der Waals surface area (Å²) in [5.41, 5.74) is 2.08. The van der Waals surface area contributed by atoms with Gasteiger partial charge in [-0.2, -0.15) is 5.26 Å². The van der Waals surface area contributed by atoms with E-state index in [1.54, 1.807) is 6.92 Å². The maximum absolute atomic E-state index is 10.7. The number of carboxylic acids is 1. The minimum atomic E-state index is -0.908. The smallest absolute Gasteiger partial charge is 0.316 e. The molecule has 1 atom stereocenters. The average molecular weight is 236 g/mol. The van der Waals surface area contributed by atoms with Crippen LogP contribution in [-0.2, 0) is 4.79 Å². The molecule has 0 aliphatic heterocycles. The first-order valence-corrected chi connectivity index (χ1v) is 5.61. The van der Waals surface area contributed by atoms with E-state index in [9.17, 15) is 4.79 Å². The van der Waals surface area contributed by atoms with Crippen molar-refractivity contribution in [2.75, 3.05) is 0 Å². The molecule has 0 aromatic carbocycles. The molecule has 0 aliphatic carbocycles. The molecule has 0 saturated carbocycles. The second-order valence-corrected chi connectivity index (χ2v) is 4.80. The monoisotopic (exact) mass is 236 g/mol. The molecule has 1 aromatic heterocycles. The number of rotatable bonds is 3. The van der Waals surface area contributed by atoms with Crippen molar-refractivity contribution in [1.82, 2.24) is 4.98 Å². The first-order valence-electron chi connectivity index (χ1n) is 4.73. The third-order valence-electron chi connectivity index (χ3n) is 2.06. The van der Waals surface area contributed by atoms with E-state index in [0.29, 0.717) is 10.6 Å². The summed E-state index contributed by atoms with van der Waals surface area (Å²) in [6.45, 7) is 5.22. The van der Waals surface area contributed by atoms with Crippen LogP contribution in [0.25, 0.3) is 0 Å². The van der Waals surface area contributed by atoms with Gasteiger partial charge >= 0.3 is 5.97 Å². The summed E-state index contributed by atoms with van der Waals surface area (Å²) in [6, 6.07) is 3.87. The minimum absolute atomic E-state index is 0.462. The van der Waals surface area contributed by atoms with Gasteiger partial charge in [0, 0.05) is 5.69 Å². The summed E-state index contributed by atoms with van der Waals surface area (Å²) < 4.78 is 0. The number of nitrogens with zero attached hydrogens (tertiary/aromatic N) is 2. The Labute approximate surface area is 98.3 Å². The molecule has 1 rings (SSSR count). The molecule has 0 saturated heterocycles. The highest BCUT2D eigenvalue weighted by molar-refractivity contribution is 8.00. The Balaban J connectivity index is 3.13. The zero-order chi connectivity index (χ0) is 12.3. The molecule has 1 N–H and O–H groups in total. The van der Waals surface area contributed by atoms with Crippen molar-refractivity contribution in [2.45, 2.75) is 31.0 Å². The Morgan fingerprint density at radius 1 is 1.62 bits per heavy atom. The van der Waals surface area contributed by atoms with Gasteiger partial charge in [0.2, 0.25) is 0 Å². The number of pyridine rings is 1. The van der Waals surface area contributed by atoms with Crippen LogP contribution < -0.4 is 0 Å². The summed E-state index contributed by atoms with van der Waals surface area (Å²) >= 11 is 1.10. The summed E-state index contributed by atoms with van der Waals surface area (Å²) in [4.78, 5) is 14.9. The van der Waals surface area contributed by atoms with E-state index in [2.05, 4.69) is 11.1 Å². The van der Waals surface area contributed by atoms with Crippen molar-refractivity contribution in [3.05, 3.63) is 22.9 Å². The highest BCUT2D eigenvalue weighted by atomic mass is 32.2. The van der Waals surface area contributed by atoms with Gasteiger partial charge in [-0.25, -0.2) is 4.98 Å². The molecule has 0 spiro atoms. The first kappa shape index (κ1) is 12.5. The predicted molar refractivity (Wildman–Crippen MR) is 61.4 cm³/mol. The zero-order valence-corrected chi connectivity index (χ0v) is 10.1. The molecule has 16 heavy (non-hydrogen) atoms. The fraction of sp³-hybridized carbons (Fsp3) is 0.364. The van der Waals surface area contributed by atoms with Crippen LogP contribution in [0.3, 0.4) is 0 Å². The Morgan fingerprint density at radius 3 is 2.75 bits per heavy atom. The minimum Gasteiger partial charge on any atom is -0.480 e. The van der Waals surface area contributed by atoms with Crippen LogP contribution in [0.1, 0.15) is 23.7 Å². The SMILES string of the molecule is Cc1cc(C)c(C#N)c(S[C@@H](C)C(=O)O)n1. The van der Waals surface area contributed by atoms with Gasteiger partial charge in [0.25, 0.3) is 0 Å². The summed E-state index contributed by atoms with van der Waals surface area (Å²) in [6.07, 6.45) is 0. The molecular formula is C11H12N2O2S. The van der Waals surface area contributed by atoms with Crippen LogP contribution in [0.5, 0.6) is 0 Å². The number of aryl methyl sites for hydroxylation is 2. The molecule has 1 heterocycles. The van der Waals surface area contributed by atoms with Crippen LogP contribution in [0.15, 0.2) is 11.1 Å². The van der Waals surface area contributed by atoms with E-state index >= 15 is 0 Å². The second kappa shape index (κ2) is 4.99. The lowest BCUT2D eigenvalue weighted by molar-refractivity contribution is -0.136. The average Bonchev–Trinajstić information content (AvgIpc) is 2.16. The van der Waals surface area contributed by atoms with Crippen molar-refractivity contribution < 1.29 is 9.90 Å². The fourth-order valence-electron chi connectivity index (χ4n) is 1.24. The van der Waals surface area contributed by atoms with E-state index in [-0.39, 0.29) is 0 Å². The van der Waals surface area contributed by atoms with Gasteiger partial charge in [-0.15, -0.1) is 0 Å². The van der Waals surface area contributed by atoms with Crippen LogP contribution in [0.4, 0.5) is 0 Å². The summed E-state index contributed by atoms with van der Waals surface area (Å²) in [5, 5.41) is 17.7. The van der Waals surface area contributed by atoms with Crippen LogP contribution in [0, 0.1) is 25.2 Å². The quantitative estimate of drug-likeness (QED) is 0.814. The van der Waals surface area contributed by atoms with Crippen molar-refractivity contribution in [1.29, 1.82) is 5.26 Å². The molecule has 5 heteroatoms. The number of aliphatic carboxylic acids is 1. The molecule has 0 fully saturated rings. The van der Waals surface area contributed by atoms with E-state index < -0.39 is 11.2 Å². The molecule has 0 amide bonds. The van der Waals surface area contributed by atoms with Gasteiger partial charge in [-0.05, 0) is 32.4 Å². The molecule has 84 valence electrons. The topological polar surface area (TPSA) is 74.0 Å². The summed E-state index contributed by atoms with van der Waals surface area (Å²) in [5.74, 6) is -0.908. The largest absolute Gasteiger partial charge is 0.480 e. The molecule has 0 bridgehead atoms. The number of nitriles is 1. The lowest BCUT2D eigenvalue weighted by atomic mass is 10.1. The number of hydrogen-bond donors (Lipinski definition) is 1. The number of aromatic nitrogens is 1. The number of carbonyl (C=O) groups is 1. The van der Waals surface area contributed by atoms with Crippen molar-refractivity contribution in [3.8, 4) is 6.07 Å². The van der Waals surface area contributed by atoms with Gasteiger partial charge in [0.05, 0.1) is 5.56 Å². The Bertz CT molecular complexity index is 466. The Morgan fingerprint density at radius 2 is 2.25 bits per heavy atom. The maximum atomic E-state index is 10.7. The van der Waals surface area contributed by atoms with Gasteiger partial charge in [0.1, 0.15) is 16.3 Å². The zero-order valence-electron chi connectivity index (χ0n) is 9.31. The number of carboxylic acid groups (broad SMARTS) is 1. The van der Waals surface area contributed by atoms with Gasteiger partial charge < -0.3 is 5.11 Å². The van der Waals surface area contributed by atoms with E-state index in [1.807, 2.05) is 19.9 Å². The molecule has 0 radical (unpaired) electrons. The highest BCUT2D eigenvalue weighted by Crippen LogP contribution is 2.27. The molecular weight excluding hydrogens is 224 g/mol. The molecule has 1 aromatic rings. The standard InChI is InChI=1S/C11H12N2O2S/c1-6-4-7(2)13-10(9(6)5-12)16-8(3)11(14)15/h4,8H,1-3H3,(H,14,15)/t8-/m0/s1. The van der Waals surface area contributed by atoms with Gasteiger partial charge in [-0.3, -0.25) is 4.79 Å². The second-order valence-electron chi connectivity index (χ2n) is 3.47. The summed E-state index contributed by atoms with van der Waals surface area (Å²) in [7, 11) is 0. The first-order chi connectivity index (χ1) is 7.45. The third-order valence-corrected chi connectivity index (χ3v) is 3.13. The molecule has 0 aliphatic rings. The van der Waals surface area contributed by atoms with Crippen LogP contribution in [0.2, 0.25) is 0 Å². The van der Waals surface area contributed by atoms with E-state index in [4.69, 9.17) is 10.4 Å². The van der Waals surface area contributed by atoms with Crippen molar-refractivity contribution in [3.63, 3.8) is 0 Å². The predicted octanol–water partition coefficient (Wildman–Crippen LogP) is 2.14. The van der Waals surface area contributed by atoms with Crippen LogP contribution >= 0.6 is 11.8 Å². The normalized spacial score (nSPS) is 11.9. The number of thioether (sulfide) groups is 1. The van der Waals surface area contributed by atoms with Crippen molar-refractivity contribution in [2.24, 2.45) is 0 Å². The Hall–Kier alpha value is -1.54. The lowest BCUT2D eigenvalue weighted by Crippen LogP contribution is -2.12. The van der Waals surface area contributed by atoms with Gasteiger partial charge in [-0.1, -0.05) is 11.8 Å². The van der Waals surface area contributed by atoms with Crippen LogP contribution in [-0.4, -0.2) is 21.3 Å². The van der Waals surface area contributed by atoms with E-state index in [0.717, 1.165) is 23.0 Å². The van der Waals surface area contributed by atoms with E-state index in [1.165, 1.54) is 0 Å². The van der Waals surface area contributed by atoms with Crippen molar-refractivity contribution >= 4 is 17.7 Å². The highest BCUT2D eigenvalue weighted by Gasteiger charge is 2.17. The number of hydrogen-bond acceptors (Lipinski definition) is 4. The third kappa shape index (κ3) is 2.74. The molecule has 4 nitrogen and oxygen atoms in total. The fourth-order valence-corrected chi connectivity index (χ4v) is 2.20.